The molecule has 10 aromatic rings. The van der Waals surface area contributed by atoms with Gasteiger partial charge in [-0.05, 0) is 88.5 Å². The van der Waals surface area contributed by atoms with Crippen molar-refractivity contribution in [2.75, 3.05) is 0 Å². The minimum Gasteiger partial charge on any atom is -0.308 e. The number of aromatic nitrogens is 2. The van der Waals surface area contributed by atoms with E-state index in [2.05, 4.69) is 100 Å². The first-order valence-corrected chi connectivity index (χ1v) is 17.8. The van der Waals surface area contributed by atoms with Gasteiger partial charge in [-0.15, -0.1) is 0 Å². The Morgan fingerprint density at radius 3 is 1.33 bits per heavy atom. The molecule has 2 aromatic heterocycles. The molecule has 54 heavy (non-hydrogen) atoms. The second-order valence-electron chi connectivity index (χ2n) is 13.5. The third-order valence-electron chi connectivity index (χ3n) is 10.5. The van der Waals surface area contributed by atoms with Crippen LogP contribution < -0.4 is 0 Å². The summed E-state index contributed by atoms with van der Waals surface area (Å²) in [5.41, 5.74) is 10.4. The van der Waals surface area contributed by atoms with Crippen molar-refractivity contribution < 1.29 is 8.78 Å². The maximum Gasteiger partial charge on any atom is 0.133 e. The summed E-state index contributed by atoms with van der Waals surface area (Å²) in [5.74, 6) is -1.33. The summed E-state index contributed by atoms with van der Waals surface area (Å²) in [6.07, 6.45) is 0. The molecule has 8 aromatic carbocycles. The van der Waals surface area contributed by atoms with Gasteiger partial charge in [0.15, 0.2) is 0 Å². The number of hydrogen-bond acceptors (Lipinski definition) is 1. The molecule has 0 fully saturated rings. The zero-order chi connectivity index (χ0) is 36.3. The first-order chi connectivity index (χ1) is 26.6. The molecule has 0 aliphatic carbocycles. The minimum absolute atomic E-state index is 0.239. The van der Waals surface area contributed by atoms with Crippen molar-refractivity contribution in [1.82, 2.24) is 9.13 Å². The summed E-state index contributed by atoms with van der Waals surface area (Å²) >= 11 is 0. The normalized spacial score (nSPS) is 11.5. The Morgan fingerprint density at radius 2 is 0.852 bits per heavy atom. The summed E-state index contributed by atoms with van der Waals surface area (Å²) in [5, 5.41) is 15.3. The Bertz CT molecular complexity index is 2950. The molecule has 0 saturated heterocycles. The van der Waals surface area contributed by atoms with Crippen LogP contribution >= 0.6 is 0 Å². The summed E-state index contributed by atoms with van der Waals surface area (Å²) in [6.45, 7) is 0. The van der Waals surface area contributed by atoms with E-state index in [-0.39, 0.29) is 5.56 Å². The Morgan fingerprint density at radius 1 is 0.389 bits per heavy atom. The number of halogens is 2. The van der Waals surface area contributed by atoms with Gasteiger partial charge in [0.2, 0.25) is 0 Å². The quantitative estimate of drug-likeness (QED) is 0.176. The van der Waals surface area contributed by atoms with E-state index in [1.165, 1.54) is 12.1 Å². The Hall–Kier alpha value is -7.29. The van der Waals surface area contributed by atoms with Crippen LogP contribution in [0, 0.1) is 23.0 Å². The molecular weight excluding hydrogens is 669 g/mol. The van der Waals surface area contributed by atoms with Crippen molar-refractivity contribution in [3.8, 4) is 50.8 Å². The molecule has 0 atom stereocenters. The lowest BCUT2D eigenvalue weighted by Gasteiger charge is -2.18. The highest BCUT2D eigenvalue weighted by atomic mass is 19.1. The van der Waals surface area contributed by atoms with Crippen LogP contribution in [0.15, 0.2) is 176 Å². The molecule has 2 heterocycles. The van der Waals surface area contributed by atoms with Gasteiger partial charge in [-0.2, -0.15) is 5.26 Å². The topological polar surface area (TPSA) is 33.6 Å². The third kappa shape index (κ3) is 4.92. The van der Waals surface area contributed by atoms with E-state index in [1.807, 2.05) is 72.8 Å². The maximum absolute atomic E-state index is 15.8. The van der Waals surface area contributed by atoms with Gasteiger partial charge in [-0.1, -0.05) is 109 Å². The van der Waals surface area contributed by atoms with Crippen molar-refractivity contribution in [2.24, 2.45) is 0 Å². The second kappa shape index (κ2) is 12.4. The molecule has 254 valence electrons. The van der Waals surface area contributed by atoms with Gasteiger partial charge in [0.25, 0.3) is 0 Å². The second-order valence-corrected chi connectivity index (χ2v) is 13.5. The predicted molar refractivity (Wildman–Crippen MR) is 216 cm³/mol. The van der Waals surface area contributed by atoms with E-state index in [9.17, 15) is 9.65 Å². The van der Waals surface area contributed by atoms with Gasteiger partial charge >= 0.3 is 0 Å². The van der Waals surface area contributed by atoms with Crippen molar-refractivity contribution in [3.63, 3.8) is 0 Å². The van der Waals surface area contributed by atoms with E-state index in [0.29, 0.717) is 22.5 Å². The molecule has 10 rings (SSSR count). The minimum atomic E-state index is -0.680. The van der Waals surface area contributed by atoms with Crippen LogP contribution in [-0.2, 0) is 0 Å². The molecule has 0 unspecified atom stereocenters. The lowest BCUT2D eigenvalue weighted by atomic mass is 9.99. The third-order valence-corrected chi connectivity index (χ3v) is 10.5. The van der Waals surface area contributed by atoms with E-state index >= 15 is 4.39 Å². The van der Waals surface area contributed by atoms with Gasteiger partial charge in [-0.3, -0.25) is 0 Å². The highest BCUT2D eigenvalue weighted by Gasteiger charge is 2.23. The summed E-state index contributed by atoms with van der Waals surface area (Å²) in [4.78, 5) is 0. The number of rotatable bonds is 5. The van der Waals surface area contributed by atoms with Crippen molar-refractivity contribution in [2.45, 2.75) is 0 Å². The van der Waals surface area contributed by atoms with E-state index in [0.717, 1.165) is 71.9 Å². The molecule has 5 heteroatoms. The van der Waals surface area contributed by atoms with E-state index in [1.54, 1.807) is 0 Å². The van der Waals surface area contributed by atoms with Crippen LogP contribution in [0.25, 0.3) is 88.4 Å². The van der Waals surface area contributed by atoms with Crippen LogP contribution in [0.2, 0.25) is 0 Å². The fourth-order valence-electron chi connectivity index (χ4n) is 8.04. The predicted octanol–water partition coefficient (Wildman–Crippen LogP) is 13.0. The summed E-state index contributed by atoms with van der Waals surface area (Å²) < 4.78 is 34.3. The summed E-state index contributed by atoms with van der Waals surface area (Å²) in [7, 11) is 0. The van der Waals surface area contributed by atoms with Gasteiger partial charge in [-0.25, -0.2) is 8.78 Å². The zero-order valence-corrected chi connectivity index (χ0v) is 28.8. The molecule has 0 aliphatic rings. The molecule has 0 spiro atoms. The molecule has 0 aliphatic heterocycles. The Balaban J connectivity index is 1.31. The number of benzene rings is 8. The van der Waals surface area contributed by atoms with E-state index < -0.39 is 11.6 Å². The number of hydrogen-bond donors (Lipinski definition) is 0. The standard InChI is InChI=1S/C49H29F2N3/c50-36-21-22-37(43(51)29-36)35-27-48(53-44-17-9-7-15-38(44)40-25-33(19-23-46(40)53)31-11-3-1-4-12-31)42(30-52)49(28-35)54-45-18-10-8-16-39(45)41-26-34(20-24-47(41)54)32-13-5-2-6-14-32/h1-29H. The molecule has 0 N–H and O–H groups in total. The lowest BCUT2D eigenvalue weighted by molar-refractivity contribution is 0.585. The van der Waals surface area contributed by atoms with Crippen LogP contribution in [0.5, 0.6) is 0 Å². The van der Waals surface area contributed by atoms with Gasteiger partial charge in [0, 0.05) is 33.2 Å². The highest BCUT2D eigenvalue weighted by molar-refractivity contribution is 6.12. The van der Waals surface area contributed by atoms with Crippen LogP contribution in [0.3, 0.4) is 0 Å². The molecule has 0 saturated carbocycles. The van der Waals surface area contributed by atoms with Crippen molar-refractivity contribution >= 4 is 43.6 Å². The van der Waals surface area contributed by atoms with Crippen molar-refractivity contribution in [1.29, 1.82) is 5.26 Å². The molecule has 0 bridgehead atoms. The fraction of sp³-hybridized carbons (Fsp3) is 0. The zero-order valence-electron chi connectivity index (χ0n) is 28.8. The lowest BCUT2D eigenvalue weighted by Crippen LogP contribution is -2.05. The highest BCUT2D eigenvalue weighted by Crippen LogP contribution is 2.42. The largest absolute Gasteiger partial charge is 0.308 e. The fourth-order valence-corrected chi connectivity index (χ4v) is 8.04. The Kier molecular flexibility index (Phi) is 7.24. The summed E-state index contributed by atoms with van der Waals surface area (Å²) in [6, 6.07) is 59.5. The van der Waals surface area contributed by atoms with Crippen LogP contribution in [-0.4, -0.2) is 9.13 Å². The molecular formula is C49H29F2N3. The first kappa shape index (κ1) is 31.4. The van der Waals surface area contributed by atoms with Gasteiger partial charge < -0.3 is 9.13 Å². The number of nitrogens with zero attached hydrogens (tertiary/aromatic N) is 3. The van der Waals surface area contributed by atoms with Crippen LogP contribution in [0.1, 0.15) is 5.56 Å². The van der Waals surface area contributed by atoms with Crippen LogP contribution in [0.4, 0.5) is 8.78 Å². The monoisotopic (exact) mass is 697 g/mol. The maximum atomic E-state index is 15.8. The molecule has 3 nitrogen and oxygen atoms in total. The first-order valence-electron chi connectivity index (χ1n) is 17.8. The smallest absolute Gasteiger partial charge is 0.133 e. The van der Waals surface area contributed by atoms with E-state index in [4.69, 9.17) is 0 Å². The number of nitriles is 1. The van der Waals surface area contributed by atoms with Crippen molar-refractivity contribution in [3.05, 3.63) is 193 Å². The SMILES string of the molecule is N#Cc1c(-n2c3ccccc3c3cc(-c4ccccc4)ccc32)cc(-c2ccc(F)cc2F)cc1-n1c2ccccc2c2cc(-c3ccccc3)ccc21. The Labute approximate surface area is 309 Å². The van der Waals surface area contributed by atoms with Gasteiger partial charge in [0.05, 0.1) is 33.4 Å². The molecule has 0 radical (unpaired) electrons. The van der Waals surface area contributed by atoms with Gasteiger partial charge in [0.1, 0.15) is 23.3 Å². The number of fused-ring (bicyclic) bond motifs is 6. The molecule has 0 amide bonds. The number of para-hydroxylation sites is 2. The average molecular weight is 698 g/mol. The average Bonchev–Trinajstić information content (AvgIpc) is 3.73.